The number of benzene rings is 3. The molecule has 11 N–H and O–H groups in total. The summed E-state index contributed by atoms with van der Waals surface area (Å²) in [5, 5.41) is 62.5. The van der Waals surface area contributed by atoms with Crippen molar-refractivity contribution in [2.45, 2.75) is 80.5 Å². The maximum absolute atomic E-state index is 12.3. The smallest absolute Gasteiger partial charge is 0.317 e. The number of aliphatic hydroxyl groups excluding tert-OH is 5. The third-order valence-electron chi connectivity index (χ3n) is 10.9. The molecule has 3 aliphatic heterocycles. The lowest BCUT2D eigenvalue weighted by atomic mass is 9.80. The minimum atomic E-state index is -1.91. The van der Waals surface area contributed by atoms with E-state index in [4.69, 9.17) is 49.7 Å². The predicted molar refractivity (Wildman–Crippen MR) is 211 cm³/mol. The maximum Gasteiger partial charge on any atom is 0.317 e. The highest BCUT2D eigenvalue weighted by molar-refractivity contribution is 5.90. The second-order valence-electron chi connectivity index (χ2n) is 15.0. The van der Waals surface area contributed by atoms with Crippen molar-refractivity contribution in [3.63, 3.8) is 0 Å². The quantitative estimate of drug-likeness (QED) is 0.0376. The Kier molecular flexibility index (Phi) is 12.1. The number of ether oxygens (including phenoxy) is 7. The number of H-pyrrole nitrogens is 1. The number of carbonyl (C=O) groups is 2. The van der Waals surface area contributed by atoms with Crippen molar-refractivity contribution in [1.82, 2.24) is 9.55 Å². The number of aromatic nitrogens is 2. The molecule has 3 aromatic carbocycles. The zero-order valence-electron chi connectivity index (χ0n) is 32.5. The number of carboxylic acid groups (broad SMARTS) is 1. The standard InChI is InChI=1S/C42H46N4O15/c43-41(44)40(59-30(51)15-29(49)50)39-34(53)33(52)35(54)42(61-39)57-23-13-22(17-46-16-21-8-9-45-25(21)18-46)31-28(14-23)58-27(12-20-4-2-1-3-5-20)32-24-6-7-26(56-19-48)37(55-11-10-47)36(24)60-38(31)32/h1-9,13-14,16,18,27,32-35,38-42,45,47-48,52-54H,10-12,15,17,19,43-44H2,(H,49,50). The van der Waals surface area contributed by atoms with E-state index in [0.717, 1.165) is 22.0 Å². The molecule has 9 unspecified atom stereocenters. The van der Waals surface area contributed by atoms with Crippen LogP contribution in [0.2, 0.25) is 0 Å². The number of fused-ring (bicyclic) bond motifs is 6. The largest absolute Gasteiger partial charge is 0.489 e. The Hall–Kier alpha value is -5.90. The summed E-state index contributed by atoms with van der Waals surface area (Å²) in [7, 11) is 0. The van der Waals surface area contributed by atoms with Crippen LogP contribution < -0.4 is 35.2 Å². The van der Waals surface area contributed by atoms with Gasteiger partial charge in [-0.1, -0.05) is 36.4 Å². The first-order chi connectivity index (χ1) is 29.4. The van der Waals surface area contributed by atoms with Crippen LogP contribution in [0, 0.1) is 0 Å². The molecule has 0 amide bonds. The van der Waals surface area contributed by atoms with Gasteiger partial charge in [-0.3, -0.25) is 9.59 Å². The zero-order chi connectivity index (χ0) is 42.9. The second-order valence-corrected chi connectivity index (χ2v) is 15.0. The van der Waals surface area contributed by atoms with Crippen LogP contribution in [0.3, 0.4) is 0 Å². The Labute approximate surface area is 347 Å². The number of aliphatic hydroxyl groups is 5. The van der Waals surface area contributed by atoms with E-state index in [1.165, 1.54) is 0 Å². The molecule has 5 heterocycles. The van der Waals surface area contributed by atoms with E-state index in [2.05, 4.69) is 4.98 Å². The number of nitrogens with one attached hydrogen (secondary N) is 1. The molecule has 0 bridgehead atoms. The third-order valence-corrected chi connectivity index (χ3v) is 10.9. The SMILES string of the molecule is NC(N)C(OC(=O)CC(=O)O)C1OC(Oc2cc(Cn3cc4cc[nH]c4c3)c3c(c2)OC(Cc2ccccc2)C2c4ccc(OCO)c(OCCO)c4OC32)C(O)C(O)C1O. The molecule has 61 heavy (non-hydrogen) atoms. The number of carbonyl (C=O) groups excluding carboxylic acids is 1. The van der Waals surface area contributed by atoms with Crippen LogP contribution in [0.1, 0.15) is 40.7 Å². The Morgan fingerprint density at radius 1 is 0.934 bits per heavy atom. The lowest BCUT2D eigenvalue weighted by Crippen LogP contribution is -2.66. The van der Waals surface area contributed by atoms with Crippen LogP contribution in [0.15, 0.2) is 79.3 Å². The van der Waals surface area contributed by atoms with Crippen molar-refractivity contribution < 1.29 is 73.4 Å². The van der Waals surface area contributed by atoms with Crippen LogP contribution in [-0.2, 0) is 32.0 Å². The average Bonchev–Trinajstić information content (AvgIpc) is 3.94. The average molecular weight is 847 g/mol. The van der Waals surface area contributed by atoms with Crippen molar-refractivity contribution in [3.05, 3.63) is 102 Å². The van der Waals surface area contributed by atoms with E-state index in [9.17, 15) is 35.1 Å². The normalized spacial score (nSPS) is 24.5. The summed E-state index contributed by atoms with van der Waals surface area (Å²) in [6.45, 7) is -0.741. The molecule has 2 aromatic heterocycles. The van der Waals surface area contributed by atoms with Gasteiger partial charge in [-0.25, -0.2) is 0 Å². The first-order valence-corrected chi connectivity index (χ1v) is 19.5. The van der Waals surface area contributed by atoms with Gasteiger partial charge in [-0.05, 0) is 29.3 Å². The molecule has 1 saturated heterocycles. The first-order valence-electron chi connectivity index (χ1n) is 19.5. The van der Waals surface area contributed by atoms with Gasteiger partial charge in [0, 0.05) is 54.1 Å². The fourth-order valence-corrected chi connectivity index (χ4v) is 8.28. The van der Waals surface area contributed by atoms with E-state index >= 15 is 0 Å². The number of esters is 1. The number of rotatable bonds is 16. The van der Waals surface area contributed by atoms with E-state index < -0.39 is 86.3 Å². The highest BCUT2D eigenvalue weighted by atomic mass is 16.7. The summed E-state index contributed by atoms with van der Waals surface area (Å²) in [4.78, 5) is 26.7. The predicted octanol–water partition coefficient (Wildman–Crippen LogP) is 0.755. The molecule has 0 radical (unpaired) electrons. The molecule has 9 atom stereocenters. The molecular formula is C42H46N4O15. The number of hydrogen-bond acceptors (Lipinski definition) is 16. The van der Waals surface area contributed by atoms with Gasteiger partial charge in [0.1, 0.15) is 61.2 Å². The van der Waals surface area contributed by atoms with Crippen LogP contribution >= 0.6 is 0 Å². The molecule has 8 rings (SSSR count). The van der Waals surface area contributed by atoms with Gasteiger partial charge in [0.05, 0.1) is 24.2 Å². The first kappa shape index (κ1) is 41.8. The van der Waals surface area contributed by atoms with Crippen LogP contribution in [0.5, 0.6) is 28.7 Å². The molecule has 1 fully saturated rings. The van der Waals surface area contributed by atoms with E-state index in [0.29, 0.717) is 29.0 Å². The summed E-state index contributed by atoms with van der Waals surface area (Å²) in [5.74, 6) is -1.88. The summed E-state index contributed by atoms with van der Waals surface area (Å²) in [5.41, 5.74) is 15.7. The summed E-state index contributed by atoms with van der Waals surface area (Å²) < 4.78 is 44.6. The third kappa shape index (κ3) is 8.42. The second kappa shape index (κ2) is 17.6. The monoisotopic (exact) mass is 846 g/mol. The Morgan fingerprint density at radius 3 is 2.46 bits per heavy atom. The summed E-state index contributed by atoms with van der Waals surface area (Å²) >= 11 is 0. The van der Waals surface area contributed by atoms with Crippen molar-refractivity contribution >= 4 is 22.8 Å². The van der Waals surface area contributed by atoms with Crippen molar-refractivity contribution in [1.29, 1.82) is 0 Å². The van der Waals surface area contributed by atoms with Crippen LogP contribution in [-0.4, -0.2) is 121 Å². The molecule has 0 aliphatic carbocycles. The molecule has 324 valence electrons. The van der Waals surface area contributed by atoms with Crippen LogP contribution in [0.25, 0.3) is 10.9 Å². The summed E-state index contributed by atoms with van der Waals surface area (Å²) in [6.07, 6.45) is -8.33. The highest BCUT2D eigenvalue weighted by Crippen LogP contribution is 2.59. The topological polar surface area (TPSA) is 293 Å². The van der Waals surface area contributed by atoms with Crippen molar-refractivity contribution in [2.75, 3.05) is 20.0 Å². The Bertz CT molecular complexity index is 2320. The van der Waals surface area contributed by atoms with Crippen LogP contribution in [0.4, 0.5) is 0 Å². The van der Waals surface area contributed by atoms with Gasteiger partial charge >= 0.3 is 11.9 Å². The zero-order valence-corrected chi connectivity index (χ0v) is 32.5. The van der Waals surface area contributed by atoms with Gasteiger partial charge in [-0.2, -0.15) is 0 Å². The van der Waals surface area contributed by atoms with Gasteiger partial charge < -0.3 is 84.8 Å². The molecule has 5 aromatic rings. The van der Waals surface area contributed by atoms with Gasteiger partial charge in [0.15, 0.2) is 24.4 Å². The fraction of sp³-hybridized carbons (Fsp3) is 0.381. The molecular weight excluding hydrogens is 800 g/mol. The number of nitrogens with zero attached hydrogens (tertiary/aromatic N) is 1. The van der Waals surface area contributed by atoms with Crippen molar-refractivity contribution in [2.24, 2.45) is 11.5 Å². The Balaban J connectivity index is 1.21. The minimum Gasteiger partial charge on any atom is -0.489 e. The van der Waals surface area contributed by atoms with Gasteiger partial charge in [-0.15, -0.1) is 0 Å². The maximum atomic E-state index is 12.3. The molecule has 3 aliphatic rings. The molecule has 0 saturated carbocycles. The minimum absolute atomic E-state index is 0.0748. The lowest BCUT2D eigenvalue weighted by molar-refractivity contribution is -0.291. The molecule has 19 heteroatoms. The Morgan fingerprint density at radius 2 is 1.74 bits per heavy atom. The van der Waals surface area contributed by atoms with Gasteiger partial charge in [0.25, 0.3) is 0 Å². The van der Waals surface area contributed by atoms with Crippen molar-refractivity contribution in [3.8, 4) is 28.7 Å². The summed E-state index contributed by atoms with van der Waals surface area (Å²) in [6, 6.07) is 18.5. The fourth-order valence-electron chi connectivity index (χ4n) is 8.28. The number of aliphatic carboxylic acids is 1. The van der Waals surface area contributed by atoms with E-state index in [-0.39, 0.29) is 37.0 Å². The molecule has 0 spiro atoms. The number of nitrogens with two attached hydrogens (primary N) is 2. The van der Waals surface area contributed by atoms with E-state index in [1.807, 2.05) is 65.6 Å². The number of carboxylic acids is 1. The molecule has 19 nitrogen and oxygen atoms in total. The number of aromatic amines is 1. The van der Waals surface area contributed by atoms with E-state index in [1.54, 1.807) is 18.2 Å². The lowest BCUT2D eigenvalue weighted by Gasteiger charge is -2.43. The highest BCUT2D eigenvalue weighted by Gasteiger charge is 2.52. The number of hydrogen-bond donors (Lipinski definition) is 9. The van der Waals surface area contributed by atoms with Gasteiger partial charge in [0.2, 0.25) is 12.0 Å².